The van der Waals surface area contributed by atoms with Crippen LogP contribution >= 0.6 is 0 Å². The lowest BCUT2D eigenvalue weighted by Gasteiger charge is -2.07. The molecule has 0 fully saturated rings. The van der Waals surface area contributed by atoms with Gasteiger partial charge in [0.05, 0.1) is 14.2 Å². The van der Waals surface area contributed by atoms with Gasteiger partial charge >= 0.3 is 0 Å². The van der Waals surface area contributed by atoms with Crippen molar-refractivity contribution in [2.75, 3.05) is 20.8 Å². The molecule has 4 heteroatoms. The Kier molecular flexibility index (Phi) is 3.52. The molecule has 0 aliphatic heterocycles. The van der Waals surface area contributed by atoms with Crippen molar-refractivity contribution in [2.24, 2.45) is 0 Å². The monoisotopic (exact) mass is 183 g/mol. The first-order valence-corrected chi connectivity index (χ1v) is 3.99. The van der Waals surface area contributed by atoms with E-state index in [0.717, 1.165) is 5.56 Å². The number of aliphatic hydroxyl groups excluding tert-OH is 1. The summed E-state index contributed by atoms with van der Waals surface area (Å²) in [6.07, 6.45) is 2.24. The zero-order valence-electron chi connectivity index (χ0n) is 7.78. The SMILES string of the molecule is COc1cc(CCO)cnc1OC. The Bertz CT molecular complexity index is 276. The zero-order valence-corrected chi connectivity index (χ0v) is 7.78. The minimum absolute atomic E-state index is 0.108. The molecule has 0 radical (unpaired) electrons. The summed E-state index contributed by atoms with van der Waals surface area (Å²) in [5, 5.41) is 8.71. The summed E-state index contributed by atoms with van der Waals surface area (Å²) < 4.78 is 10.0. The van der Waals surface area contributed by atoms with Crippen molar-refractivity contribution < 1.29 is 14.6 Å². The first-order valence-electron chi connectivity index (χ1n) is 3.99. The van der Waals surface area contributed by atoms with Crippen molar-refractivity contribution in [3.63, 3.8) is 0 Å². The molecular formula is C9H13NO3. The minimum atomic E-state index is 0.108. The van der Waals surface area contributed by atoms with Crippen molar-refractivity contribution in [2.45, 2.75) is 6.42 Å². The van der Waals surface area contributed by atoms with Crippen LogP contribution in [0.25, 0.3) is 0 Å². The topological polar surface area (TPSA) is 51.6 Å². The third kappa shape index (κ3) is 2.32. The van der Waals surface area contributed by atoms with E-state index in [2.05, 4.69) is 4.98 Å². The summed E-state index contributed by atoms with van der Waals surface area (Å²) in [6.45, 7) is 0.108. The first-order chi connectivity index (χ1) is 6.31. The van der Waals surface area contributed by atoms with Gasteiger partial charge in [-0.25, -0.2) is 4.98 Å². The van der Waals surface area contributed by atoms with Crippen molar-refractivity contribution in [3.8, 4) is 11.6 Å². The van der Waals surface area contributed by atoms with Gasteiger partial charge in [-0.3, -0.25) is 0 Å². The second kappa shape index (κ2) is 4.67. The molecule has 4 nitrogen and oxygen atoms in total. The largest absolute Gasteiger partial charge is 0.491 e. The van der Waals surface area contributed by atoms with Crippen molar-refractivity contribution >= 4 is 0 Å². The lowest BCUT2D eigenvalue weighted by atomic mass is 10.2. The fourth-order valence-electron chi connectivity index (χ4n) is 1.04. The van der Waals surface area contributed by atoms with Gasteiger partial charge in [-0.05, 0) is 18.1 Å². The van der Waals surface area contributed by atoms with Gasteiger partial charge in [-0.1, -0.05) is 0 Å². The highest BCUT2D eigenvalue weighted by Crippen LogP contribution is 2.24. The van der Waals surface area contributed by atoms with Crippen molar-refractivity contribution in [3.05, 3.63) is 17.8 Å². The summed E-state index contributed by atoms with van der Waals surface area (Å²) in [4.78, 5) is 4.03. The Morgan fingerprint density at radius 3 is 2.69 bits per heavy atom. The summed E-state index contributed by atoms with van der Waals surface area (Å²) in [7, 11) is 3.10. The van der Waals surface area contributed by atoms with E-state index in [9.17, 15) is 0 Å². The normalized spacial score (nSPS) is 9.77. The summed E-state index contributed by atoms with van der Waals surface area (Å²) in [6, 6.07) is 1.81. The minimum Gasteiger partial charge on any atom is -0.491 e. The molecule has 13 heavy (non-hydrogen) atoms. The maximum Gasteiger partial charge on any atom is 0.256 e. The lowest BCUT2D eigenvalue weighted by molar-refractivity contribution is 0.298. The lowest BCUT2D eigenvalue weighted by Crippen LogP contribution is -1.97. The molecule has 1 heterocycles. The van der Waals surface area contributed by atoms with Gasteiger partial charge in [0.2, 0.25) is 0 Å². The van der Waals surface area contributed by atoms with Crippen LogP contribution in [-0.4, -0.2) is 30.9 Å². The van der Waals surface area contributed by atoms with Gasteiger partial charge in [-0.15, -0.1) is 0 Å². The highest BCUT2D eigenvalue weighted by molar-refractivity contribution is 5.36. The van der Waals surface area contributed by atoms with E-state index >= 15 is 0 Å². The first kappa shape index (κ1) is 9.80. The molecule has 0 unspecified atom stereocenters. The Morgan fingerprint density at radius 1 is 1.38 bits per heavy atom. The van der Waals surface area contributed by atoms with Crippen LogP contribution in [0.1, 0.15) is 5.56 Å². The third-order valence-corrected chi connectivity index (χ3v) is 1.69. The Morgan fingerprint density at radius 2 is 2.15 bits per heavy atom. The number of pyridine rings is 1. The van der Waals surface area contributed by atoms with E-state index in [4.69, 9.17) is 14.6 Å². The Balaban J connectivity index is 2.91. The fraction of sp³-hybridized carbons (Fsp3) is 0.444. The van der Waals surface area contributed by atoms with Crippen LogP contribution in [0.15, 0.2) is 12.3 Å². The second-order valence-corrected chi connectivity index (χ2v) is 2.53. The third-order valence-electron chi connectivity index (χ3n) is 1.69. The molecule has 0 aliphatic rings. The standard InChI is InChI=1S/C9H13NO3/c1-12-8-5-7(3-4-11)6-10-9(8)13-2/h5-6,11H,3-4H2,1-2H3. The van der Waals surface area contributed by atoms with E-state index in [1.54, 1.807) is 13.3 Å². The van der Waals surface area contributed by atoms with Gasteiger partial charge in [0, 0.05) is 12.8 Å². The van der Waals surface area contributed by atoms with Crippen LogP contribution in [0.5, 0.6) is 11.6 Å². The van der Waals surface area contributed by atoms with Gasteiger partial charge in [0.15, 0.2) is 5.75 Å². The molecule has 0 amide bonds. The molecule has 0 spiro atoms. The van der Waals surface area contributed by atoms with Crippen LogP contribution in [0, 0.1) is 0 Å². The second-order valence-electron chi connectivity index (χ2n) is 2.53. The van der Waals surface area contributed by atoms with E-state index in [1.165, 1.54) is 7.11 Å². The number of aromatic nitrogens is 1. The zero-order chi connectivity index (χ0) is 9.68. The highest BCUT2D eigenvalue weighted by atomic mass is 16.5. The van der Waals surface area contributed by atoms with Gasteiger partial charge < -0.3 is 14.6 Å². The number of ether oxygens (including phenoxy) is 2. The van der Waals surface area contributed by atoms with E-state index in [1.807, 2.05) is 6.07 Å². The maximum absolute atomic E-state index is 8.71. The van der Waals surface area contributed by atoms with Crippen LogP contribution in [0.2, 0.25) is 0 Å². The van der Waals surface area contributed by atoms with Crippen LogP contribution in [0.4, 0.5) is 0 Å². The average Bonchev–Trinajstić information content (AvgIpc) is 2.18. The number of rotatable bonds is 4. The summed E-state index contributed by atoms with van der Waals surface area (Å²) >= 11 is 0. The number of nitrogens with zero attached hydrogens (tertiary/aromatic N) is 1. The molecule has 1 rings (SSSR count). The molecule has 0 bridgehead atoms. The van der Waals surface area contributed by atoms with E-state index < -0.39 is 0 Å². The number of methoxy groups -OCH3 is 2. The van der Waals surface area contributed by atoms with Gasteiger partial charge in [-0.2, -0.15) is 0 Å². The molecule has 72 valence electrons. The maximum atomic E-state index is 8.71. The van der Waals surface area contributed by atoms with E-state index in [-0.39, 0.29) is 6.61 Å². The number of aliphatic hydroxyl groups is 1. The van der Waals surface area contributed by atoms with Gasteiger partial charge in [0.25, 0.3) is 5.88 Å². The molecule has 1 aromatic rings. The Hall–Kier alpha value is -1.29. The average molecular weight is 183 g/mol. The quantitative estimate of drug-likeness (QED) is 0.744. The predicted molar refractivity (Wildman–Crippen MR) is 48.1 cm³/mol. The molecule has 0 atom stereocenters. The fourth-order valence-corrected chi connectivity index (χ4v) is 1.04. The van der Waals surface area contributed by atoms with Crippen molar-refractivity contribution in [1.82, 2.24) is 4.98 Å². The molecule has 0 saturated heterocycles. The van der Waals surface area contributed by atoms with Crippen LogP contribution in [0.3, 0.4) is 0 Å². The predicted octanol–water partition coefficient (Wildman–Crippen LogP) is 0.634. The molecule has 0 aliphatic carbocycles. The molecule has 0 saturated carbocycles. The molecule has 0 aromatic carbocycles. The smallest absolute Gasteiger partial charge is 0.256 e. The van der Waals surface area contributed by atoms with Gasteiger partial charge in [0.1, 0.15) is 0 Å². The van der Waals surface area contributed by atoms with Crippen LogP contribution < -0.4 is 9.47 Å². The number of hydrogen-bond donors (Lipinski definition) is 1. The highest BCUT2D eigenvalue weighted by Gasteiger charge is 2.05. The van der Waals surface area contributed by atoms with Crippen LogP contribution in [-0.2, 0) is 6.42 Å². The van der Waals surface area contributed by atoms with Crippen molar-refractivity contribution in [1.29, 1.82) is 0 Å². The molecule has 1 N–H and O–H groups in total. The summed E-state index contributed by atoms with van der Waals surface area (Å²) in [5.74, 6) is 1.05. The van der Waals surface area contributed by atoms with E-state index in [0.29, 0.717) is 18.1 Å². The Labute approximate surface area is 77.1 Å². The summed E-state index contributed by atoms with van der Waals surface area (Å²) in [5.41, 5.74) is 0.931. The number of hydrogen-bond acceptors (Lipinski definition) is 4. The molecular weight excluding hydrogens is 170 g/mol. The molecule has 1 aromatic heterocycles.